The summed E-state index contributed by atoms with van der Waals surface area (Å²) in [6.07, 6.45) is 0. The zero-order chi connectivity index (χ0) is 8.27. The molecule has 0 bridgehead atoms. The van der Waals surface area contributed by atoms with Crippen LogP contribution in [0.2, 0.25) is 0 Å². The lowest BCUT2D eigenvalue weighted by molar-refractivity contribution is 0.206. The van der Waals surface area contributed by atoms with Crippen LogP contribution in [-0.2, 0) is 4.74 Å². The number of hydrogen-bond donors (Lipinski definition) is 2. The molecular formula is C5H8ClN3OS. The Kier molecular flexibility index (Phi) is 2.90. The minimum atomic E-state index is -0.353. The van der Waals surface area contributed by atoms with Crippen molar-refractivity contribution in [2.75, 3.05) is 5.88 Å². The van der Waals surface area contributed by atoms with E-state index in [-0.39, 0.29) is 11.5 Å². The first-order chi connectivity index (χ1) is 5.22. The average molecular weight is 194 g/mol. The largest absolute Gasteiger partial charge is 0.461 e. The van der Waals surface area contributed by atoms with E-state index in [2.05, 4.69) is 4.99 Å². The summed E-state index contributed by atoms with van der Waals surface area (Å²) in [5.41, 5.74) is 9.92. The fourth-order valence-electron chi connectivity index (χ4n) is 0.561. The van der Waals surface area contributed by atoms with Crippen molar-refractivity contribution < 1.29 is 4.74 Å². The van der Waals surface area contributed by atoms with Gasteiger partial charge in [-0.1, -0.05) is 11.8 Å². The Morgan fingerprint density at radius 3 is 3.00 bits per heavy atom. The molecule has 0 saturated heterocycles. The van der Waals surface area contributed by atoms with Gasteiger partial charge >= 0.3 is 0 Å². The van der Waals surface area contributed by atoms with Gasteiger partial charge in [0.25, 0.3) is 0 Å². The lowest BCUT2D eigenvalue weighted by Crippen LogP contribution is -2.24. The zero-order valence-electron chi connectivity index (χ0n) is 5.66. The normalized spacial score (nSPS) is 22.3. The Labute approximate surface area is 73.6 Å². The Bertz CT molecular complexity index is 202. The number of nitrogens with two attached hydrogens (primary N) is 2. The van der Waals surface area contributed by atoms with Crippen LogP contribution in [-0.4, -0.2) is 17.4 Å². The third-order valence-electron chi connectivity index (χ3n) is 0.954. The molecule has 0 aromatic heterocycles. The van der Waals surface area contributed by atoms with Gasteiger partial charge in [0.05, 0.1) is 5.88 Å². The fraction of sp³-hybridized carbons (Fsp3) is 0.400. The number of ether oxygens (including phenoxy) is 1. The number of thioether (sulfide) groups is 1. The second-order valence-corrected chi connectivity index (χ2v) is 3.01. The van der Waals surface area contributed by atoms with E-state index in [1.54, 1.807) is 5.41 Å². The first-order valence-electron chi connectivity index (χ1n) is 2.88. The summed E-state index contributed by atoms with van der Waals surface area (Å²) in [7, 11) is 0. The van der Waals surface area contributed by atoms with Crippen molar-refractivity contribution in [3.8, 4) is 0 Å². The molecule has 1 atom stereocenters. The summed E-state index contributed by atoms with van der Waals surface area (Å²) in [6, 6.07) is 0. The summed E-state index contributed by atoms with van der Waals surface area (Å²) in [6.45, 7) is 0. The minimum Gasteiger partial charge on any atom is -0.461 e. The van der Waals surface area contributed by atoms with Crippen LogP contribution in [0.25, 0.3) is 0 Å². The van der Waals surface area contributed by atoms with Gasteiger partial charge in [0, 0.05) is 5.41 Å². The molecule has 0 radical (unpaired) electrons. The Morgan fingerprint density at radius 2 is 2.55 bits per heavy atom. The van der Waals surface area contributed by atoms with Gasteiger partial charge in [-0.25, -0.2) is 0 Å². The van der Waals surface area contributed by atoms with Gasteiger partial charge < -0.3 is 16.2 Å². The minimum absolute atomic E-state index is 0.0201. The summed E-state index contributed by atoms with van der Waals surface area (Å²) >= 11 is 6.88. The Balaban J connectivity index is 2.42. The van der Waals surface area contributed by atoms with Crippen LogP contribution in [0.15, 0.2) is 16.2 Å². The smallest absolute Gasteiger partial charge is 0.244 e. The lowest BCUT2D eigenvalue weighted by atomic mass is 10.7. The molecule has 0 amide bonds. The van der Waals surface area contributed by atoms with Crippen LogP contribution in [0.5, 0.6) is 0 Å². The predicted molar refractivity (Wildman–Crippen MR) is 47.1 cm³/mol. The molecule has 1 rings (SSSR count). The molecule has 11 heavy (non-hydrogen) atoms. The SMILES string of the molecule is NC(N)=N[C@@H]1OC(CCl)=CS1. The number of guanidine groups is 1. The summed E-state index contributed by atoms with van der Waals surface area (Å²) in [5.74, 6) is 1.07. The van der Waals surface area contributed by atoms with E-state index in [4.69, 9.17) is 27.8 Å². The number of halogens is 1. The lowest BCUT2D eigenvalue weighted by Gasteiger charge is -2.05. The monoisotopic (exact) mass is 193 g/mol. The van der Waals surface area contributed by atoms with Crippen LogP contribution in [0.4, 0.5) is 0 Å². The molecular weight excluding hydrogens is 186 g/mol. The van der Waals surface area contributed by atoms with Gasteiger partial charge in [-0.3, -0.25) is 0 Å². The maximum atomic E-state index is 5.49. The van der Waals surface area contributed by atoms with E-state index in [9.17, 15) is 0 Å². The molecule has 0 aromatic carbocycles. The van der Waals surface area contributed by atoms with Crippen LogP contribution < -0.4 is 11.5 Å². The molecule has 0 saturated carbocycles. The number of rotatable bonds is 2. The van der Waals surface area contributed by atoms with Gasteiger partial charge in [0.2, 0.25) is 5.56 Å². The van der Waals surface area contributed by atoms with E-state index >= 15 is 0 Å². The molecule has 1 aliphatic heterocycles. The Morgan fingerprint density at radius 1 is 1.82 bits per heavy atom. The van der Waals surface area contributed by atoms with Crippen molar-refractivity contribution in [1.82, 2.24) is 0 Å². The van der Waals surface area contributed by atoms with Crippen molar-refractivity contribution >= 4 is 29.3 Å². The third-order valence-corrected chi connectivity index (χ3v) is 2.05. The van der Waals surface area contributed by atoms with E-state index in [1.807, 2.05) is 0 Å². The van der Waals surface area contributed by atoms with Crippen molar-refractivity contribution in [2.45, 2.75) is 5.56 Å². The second kappa shape index (κ2) is 3.73. The molecule has 0 unspecified atom stereocenters. The molecule has 6 heteroatoms. The quantitative estimate of drug-likeness (QED) is 0.378. The number of allylic oxidation sites excluding steroid dienone is 1. The van der Waals surface area contributed by atoms with Gasteiger partial charge in [-0.2, -0.15) is 4.99 Å². The molecule has 1 heterocycles. The highest BCUT2D eigenvalue weighted by Crippen LogP contribution is 2.28. The number of hydrogen-bond acceptors (Lipinski definition) is 3. The van der Waals surface area contributed by atoms with Crippen molar-refractivity contribution in [1.29, 1.82) is 0 Å². The number of nitrogens with zero attached hydrogens (tertiary/aromatic N) is 1. The molecule has 1 aliphatic rings. The fourth-order valence-corrected chi connectivity index (χ4v) is 1.56. The van der Waals surface area contributed by atoms with Crippen LogP contribution >= 0.6 is 23.4 Å². The van der Waals surface area contributed by atoms with E-state index < -0.39 is 0 Å². The highest BCUT2D eigenvalue weighted by atomic mass is 35.5. The van der Waals surface area contributed by atoms with Crippen molar-refractivity contribution in [2.24, 2.45) is 16.5 Å². The third kappa shape index (κ3) is 2.51. The highest BCUT2D eigenvalue weighted by Gasteiger charge is 2.16. The van der Waals surface area contributed by atoms with Crippen LogP contribution in [0.3, 0.4) is 0 Å². The van der Waals surface area contributed by atoms with Crippen LogP contribution in [0.1, 0.15) is 0 Å². The van der Waals surface area contributed by atoms with E-state index in [1.165, 1.54) is 11.8 Å². The molecule has 4 nitrogen and oxygen atoms in total. The second-order valence-electron chi connectivity index (χ2n) is 1.83. The van der Waals surface area contributed by atoms with Gasteiger partial charge in [0.1, 0.15) is 5.76 Å². The predicted octanol–water partition coefficient (Wildman–Crippen LogP) is 0.387. The maximum absolute atomic E-state index is 5.49. The van der Waals surface area contributed by atoms with Crippen molar-refractivity contribution in [3.63, 3.8) is 0 Å². The molecule has 0 aromatic rings. The number of aliphatic imine (C=N–C) groups is 1. The molecule has 4 N–H and O–H groups in total. The highest BCUT2D eigenvalue weighted by molar-refractivity contribution is 8.02. The average Bonchev–Trinajstić information content (AvgIpc) is 2.34. The molecule has 0 spiro atoms. The summed E-state index contributed by atoms with van der Waals surface area (Å²) in [5, 5.41) is 1.80. The first-order valence-corrected chi connectivity index (χ1v) is 4.36. The topological polar surface area (TPSA) is 73.6 Å². The summed E-state index contributed by atoms with van der Waals surface area (Å²) < 4.78 is 5.17. The van der Waals surface area contributed by atoms with E-state index in [0.717, 1.165) is 0 Å². The zero-order valence-corrected chi connectivity index (χ0v) is 7.23. The maximum Gasteiger partial charge on any atom is 0.244 e. The standard InChI is InChI=1S/C5H8ClN3OS/c6-1-3-2-11-5(10-3)9-4(7)8/h2,5H,1H2,(H4,7,8,9)/t5-/m1/s1. The number of alkyl halides is 1. The molecule has 62 valence electrons. The summed E-state index contributed by atoms with van der Waals surface area (Å²) in [4.78, 5) is 3.78. The van der Waals surface area contributed by atoms with Gasteiger partial charge in [0.15, 0.2) is 5.96 Å². The van der Waals surface area contributed by atoms with Crippen LogP contribution in [0, 0.1) is 0 Å². The Hall–Kier alpha value is -0.550. The molecule has 0 fully saturated rings. The first kappa shape index (κ1) is 8.55. The van der Waals surface area contributed by atoms with Crippen molar-refractivity contribution in [3.05, 3.63) is 11.2 Å². The van der Waals surface area contributed by atoms with E-state index in [0.29, 0.717) is 11.6 Å². The molecule has 0 aliphatic carbocycles. The van der Waals surface area contributed by atoms with Gasteiger partial charge in [-0.15, -0.1) is 11.6 Å². The van der Waals surface area contributed by atoms with Gasteiger partial charge in [-0.05, 0) is 0 Å².